The maximum Gasteiger partial charge on any atom is 0.0462 e. The zero-order chi connectivity index (χ0) is 48.4. The van der Waals surface area contributed by atoms with Crippen molar-refractivity contribution in [3.63, 3.8) is 0 Å². The van der Waals surface area contributed by atoms with Gasteiger partial charge in [0, 0.05) is 40.9 Å². The van der Waals surface area contributed by atoms with Gasteiger partial charge in [-0.25, -0.2) is 0 Å². The van der Waals surface area contributed by atoms with Crippen molar-refractivity contribution < 1.29 is 0 Å². The van der Waals surface area contributed by atoms with Crippen molar-refractivity contribution >= 4 is 28.3 Å². The quantitative estimate of drug-likeness (QED) is 0.120. The van der Waals surface area contributed by atoms with Crippen molar-refractivity contribution in [3.8, 4) is 44.5 Å². The fraction of sp³-hybridized carbons (Fsp3) is 0.143. The monoisotopic (exact) mass is 928 g/mol. The van der Waals surface area contributed by atoms with Crippen LogP contribution < -0.4 is 9.80 Å². The smallest absolute Gasteiger partial charge is 0.0462 e. The Bertz CT molecular complexity index is 3440. The van der Waals surface area contributed by atoms with Crippen LogP contribution >= 0.6 is 0 Å². The number of rotatable bonds is 12. The predicted molar refractivity (Wildman–Crippen MR) is 306 cm³/mol. The molecule has 0 bridgehead atoms. The number of hydrogen-bond acceptors (Lipinski definition) is 2. The minimum Gasteiger partial charge on any atom is -0.337 e. The minimum absolute atomic E-state index is 0.539. The van der Waals surface area contributed by atoms with Crippen LogP contribution in [0.1, 0.15) is 50.2 Å². The highest BCUT2D eigenvalue weighted by molar-refractivity contribution is 5.86. The van der Waals surface area contributed by atoms with E-state index in [0.29, 0.717) is 11.8 Å². The van der Waals surface area contributed by atoms with Crippen LogP contribution in [0.15, 0.2) is 271 Å². The summed E-state index contributed by atoms with van der Waals surface area (Å²) in [7, 11) is 0. The number of anilines is 4. The maximum atomic E-state index is 2.52. The van der Waals surface area contributed by atoms with Crippen LogP contribution in [0.5, 0.6) is 0 Å². The zero-order valence-corrected chi connectivity index (χ0v) is 41.4. The molecule has 0 N–H and O–H groups in total. The summed E-state index contributed by atoms with van der Waals surface area (Å²) < 4.78 is 0. The molecular weight excluding hydrogens is 869 g/mol. The summed E-state index contributed by atoms with van der Waals surface area (Å²) in [5.74, 6) is 1.14. The summed E-state index contributed by atoms with van der Waals surface area (Å²) in [5, 5.41) is 0. The van der Waals surface area contributed by atoms with Crippen LogP contribution in [0.2, 0.25) is 0 Å². The second kappa shape index (κ2) is 19.9. The number of allylic oxidation sites excluding steroid dienone is 10. The van der Waals surface area contributed by atoms with Crippen LogP contribution in [0.4, 0.5) is 22.7 Å². The molecule has 2 nitrogen and oxygen atoms in total. The Hall–Kier alpha value is -8.20. The van der Waals surface area contributed by atoms with Gasteiger partial charge in [0.15, 0.2) is 0 Å². The highest BCUT2D eigenvalue weighted by atomic mass is 15.2. The van der Waals surface area contributed by atoms with Crippen LogP contribution in [-0.2, 0) is 0 Å². The van der Waals surface area contributed by atoms with E-state index in [1.165, 1.54) is 83.9 Å². The van der Waals surface area contributed by atoms with E-state index in [4.69, 9.17) is 0 Å². The molecule has 0 amide bonds. The summed E-state index contributed by atoms with van der Waals surface area (Å²) in [5.41, 5.74) is 26.0. The van der Waals surface area contributed by atoms with E-state index < -0.39 is 0 Å². The molecule has 12 rings (SSSR count). The predicted octanol–water partition coefficient (Wildman–Crippen LogP) is 18.9. The summed E-state index contributed by atoms with van der Waals surface area (Å²) in [4.78, 5) is 4.94. The molecular formula is C70H60N2. The SMILES string of the molecule is CC1=C(c2ccccc2C)CCC=C1N(c1ccccc1)c1ccc(-c2ccc(-c3ccccc3-c3ccc(-c4ccc(N(CC5=C6CC7C=CC=CC7C6=CCC5)c5ccccc5)cc4)cc3)cc2)cc1. The van der Waals surface area contributed by atoms with Gasteiger partial charge in [-0.1, -0.05) is 194 Å². The van der Waals surface area contributed by atoms with Crippen molar-refractivity contribution in [2.24, 2.45) is 11.8 Å². The van der Waals surface area contributed by atoms with Gasteiger partial charge in [-0.15, -0.1) is 0 Å². The van der Waals surface area contributed by atoms with Crippen molar-refractivity contribution in [3.05, 3.63) is 282 Å². The third-order valence-electron chi connectivity index (χ3n) is 15.6. The lowest BCUT2D eigenvalue weighted by molar-refractivity contribution is 0.597. The summed E-state index contributed by atoms with van der Waals surface area (Å²) >= 11 is 0. The van der Waals surface area contributed by atoms with Crippen LogP contribution in [0, 0.1) is 18.8 Å². The Labute approximate surface area is 426 Å². The number of aryl methyl sites for hydroxylation is 1. The van der Waals surface area contributed by atoms with E-state index in [9.17, 15) is 0 Å². The van der Waals surface area contributed by atoms with E-state index in [1.807, 2.05) is 0 Å². The highest BCUT2D eigenvalue weighted by Gasteiger charge is 2.36. The minimum atomic E-state index is 0.539. The largest absolute Gasteiger partial charge is 0.337 e. The van der Waals surface area contributed by atoms with Crippen molar-refractivity contribution in [2.75, 3.05) is 16.3 Å². The Morgan fingerprint density at radius 2 is 0.889 bits per heavy atom. The Balaban J connectivity index is 0.767. The van der Waals surface area contributed by atoms with Crippen LogP contribution in [0.25, 0.3) is 50.1 Å². The van der Waals surface area contributed by atoms with Gasteiger partial charge in [0.05, 0.1) is 0 Å². The molecule has 0 radical (unpaired) electrons. The van der Waals surface area contributed by atoms with Crippen molar-refractivity contribution in [1.29, 1.82) is 0 Å². The molecule has 2 heteroatoms. The Morgan fingerprint density at radius 1 is 0.417 bits per heavy atom. The summed E-state index contributed by atoms with van der Waals surface area (Å²) in [6.07, 6.45) is 19.7. The van der Waals surface area contributed by atoms with Gasteiger partial charge < -0.3 is 9.80 Å². The first-order chi connectivity index (χ1) is 35.5. The number of hydrogen-bond donors (Lipinski definition) is 0. The molecule has 2 atom stereocenters. The lowest BCUT2D eigenvalue weighted by Gasteiger charge is -2.32. The molecule has 350 valence electrons. The lowest BCUT2D eigenvalue weighted by atomic mass is 9.86. The Kier molecular flexibility index (Phi) is 12.4. The normalized spacial score (nSPS) is 17.0. The molecule has 72 heavy (non-hydrogen) atoms. The number of benzene rings is 8. The summed E-state index contributed by atoms with van der Waals surface area (Å²) in [6, 6.07) is 75.8. The molecule has 0 aromatic heterocycles. The third kappa shape index (κ3) is 8.84. The molecule has 2 unspecified atom stereocenters. The Morgan fingerprint density at radius 3 is 1.50 bits per heavy atom. The molecule has 4 aliphatic carbocycles. The van der Waals surface area contributed by atoms with E-state index >= 15 is 0 Å². The van der Waals surface area contributed by atoms with Gasteiger partial charge in [-0.3, -0.25) is 0 Å². The van der Waals surface area contributed by atoms with Gasteiger partial charge in [0.2, 0.25) is 0 Å². The van der Waals surface area contributed by atoms with E-state index in [2.05, 4.69) is 266 Å². The van der Waals surface area contributed by atoms with E-state index in [1.54, 1.807) is 16.7 Å². The van der Waals surface area contributed by atoms with Crippen LogP contribution in [0.3, 0.4) is 0 Å². The van der Waals surface area contributed by atoms with Gasteiger partial charge in [-0.2, -0.15) is 0 Å². The number of nitrogens with zero attached hydrogens (tertiary/aromatic N) is 2. The molecule has 0 aliphatic heterocycles. The lowest BCUT2D eigenvalue weighted by Crippen LogP contribution is -2.22. The zero-order valence-electron chi connectivity index (χ0n) is 41.4. The average molecular weight is 929 g/mol. The second-order valence-electron chi connectivity index (χ2n) is 19.9. The first kappa shape index (κ1) is 45.0. The molecule has 4 aliphatic rings. The standard InChI is InChI=1S/C70H60N2/c1-49-17-9-11-24-63(49)64-28-16-30-70(50(64)2)72(61-22-7-4-8-23-61)62-45-41-54(42-46-62)52-33-37-56(38-34-52)66-26-14-13-25-65(66)55-35-31-51(32-36-55)53-39-43-60(44-40-53)71(59-20-5-3-6-21-59)48-58-19-15-29-68-67-27-12-10-18-57(67)47-69(58)68/h3-14,17-18,20-27,29-46,57,67H,15-16,19,28,47-48H2,1-2H3. The van der Waals surface area contributed by atoms with Crippen molar-refractivity contribution in [1.82, 2.24) is 0 Å². The van der Waals surface area contributed by atoms with Gasteiger partial charge in [0.1, 0.15) is 0 Å². The van der Waals surface area contributed by atoms with Gasteiger partial charge in [0.25, 0.3) is 0 Å². The molecule has 0 spiro atoms. The molecule has 1 fully saturated rings. The van der Waals surface area contributed by atoms with E-state index in [-0.39, 0.29) is 0 Å². The maximum absolute atomic E-state index is 2.52. The molecule has 8 aromatic rings. The van der Waals surface area contributed by atoms with Gasteiger partial charge >= 0.3 is 0 Å². The topological polar surface area (TPSA) is 6.48 Å². The van der Waals surface area contributed by atoms with Crippen molar-refractivity contribution in [2.45, 2.75) is 46.0 Å². The van der Waals surface area contributed by atoms with Crippen LogP contribution in [-0.4, -0.2) is 6.54 Å². The molecule has 0 heterocycles. The highest BCUT2D eigenvalue weighted by Crippen LogP contribution is 2.49. The fourth-order valence-electron chi connectivity index (χ4n) is 11.9. The second-order valence-corrected chi connectivity index (χ2v) is 19.9. The van der Waals surface area contributed by atoms with E-state index in [0.717, 1.165) is 50.0 Å². The summed E-state index contributed by atoms with van der Waals surface area (Å²) in [6.45, 7) is 5.43. The van der Waals surface area contributed by atoms with Gasteiger partial charge in [-0.05, 0) is 184 Å². The number of para-hydroxylation sites is 2. The molecule has 8 aromatic carbocycles. The molecule has 0 saturated heterocycles. The third-order valence-corrected chi connectivity index (χ3v) is 15.6. The average Bonchev–Trinajstić information content (AvgIpc) is 3.84. The molecule has 1 saturated carbocycles. The first-order valence-corrected chi connectivity index (χ1v) is 26.0. The fourth-order valence-corrected chi connectivity index (χ4v) is 11.9. The number of fused-ring (bicyclic) bond motifs is 3. The first-order valence-electron chi connectivity index (χ1n) is 26.0.